The fourth-order valence-electron chi connectivity index (χ4n) is 1.12. The minimum atomic E-state index is 0.659. The topological polar surface area (TPSA) is 52.0 Å². The normalized spacial score (nSPS) is 10.8. The van der Waals surface area contributed by atoms with Gasteiger partial charge in [0.1, 0.15) is 5.03 Å². The van der Waals surface area contributed by atoms with Crippen LogP contribution in [0.4, 0.5) is 0 Å². The van der Waals surface area contributed by atoms with E-state index in [0.717, 1.165) is 21.7 Å². The molecule has 0 saturated heterocycles. The number of benzene rings is 1. The van der Waals surface area contributed by atoms with E-state index in [1.54, 1.807) is 11.8 Å². The van der Waals surface area contributed by atoms with E-state index in [1.807, 2.05) is 24.3 Å². The van der Waals surface area contributed by atoms with Crippen molar-refractivity contribution in [3.05, 3.63) is 24.3 Å². The molecule has 0 saturated carbocycles. The molecule has 2 rings (SSSR count). The molecule has 2 aromatic rings. The lowest BCUT2D eigenvalue weighted by atomic mass is 10.3. The molecule has 0 bridgehead atoms. The SMILES string of the molecule is NCCSc1noc2ccccc12. The summed E-state index contributed by atoms with van der Waals surface area (Å²) in [6.07, 6.45) is 0. The van der Waals surface area contributed by atoms with Gasteiger partial charge in [-0.15, -0.1) is 11.8 Å². The Morgan fingerprint density at radius 3 is 3.08 bits per heavy atom. The number of nitrogens with zero attached hydrogens (tertiary/aromatic N) is 1. The predicted molar refractivity (Wildman–Crippen MR) is 53.8 cm³/mol. The van der Waals surface area contributed by atoms with Crippen LogP contribution < -0.4 is 5.73 Å². The van der Waals surface area contributed by atoms with Crippen LogP contribution >= 0.6 is 11.8 Å². The molecular formula is C9H10N2OS. The van der Waals surface area contributed by atoms with Crippen molar-refractivity contribution < 1.29 is 4.52 Å². The summed E-state index contributed by atoms with van der Waals surface area (Å²) in [5.41, 5.74) is 6.25. The number of thioether (sulfide) groups is 1. The number of para-hydroxylation sites is 1. The number of aromatic nitrogens is 1. The molecule has 0 amide bonds. The summed E-state index contributed by atoms with van der Waals surface area (Å²) in [4.78, 5) is 0. The third-order valence-corrected chi connectivity index (χ3v) is 2.71. The first-order valence-corrected chi connectivity index (χ1v) is 5.07. The van der Waals surface area contributed by atoms with Crippen molar-refractivity contribution >= 4 is 22.7 Å². The summed E-state index contributed by atoms with van der Waals surface area (Å²) in [6, 6.07) is 7.83. The van der Waals surface area contributed by atoms with Gasteiger partial charge in [-0.2, -0.15) is 0 Å². The molecule has 4 heteroatoms. The smallest absolute Gasteiger partial charge is 0.168 e. The maximum Gasteiger partial charge on any atom is 0.168 e. The summed E-state index contributed by atoms with van der Waals surface area (Å²) in [6.45, 7) is 0.659. The summed E-state index contributed by atoms with van der Waals surface area (Å²) in [5, 5.41) is 5.97. The molecule has 0 spiro atoms. The Bertz CT molecular complexity index is 399. The van der Waals surface area contributed by atoms with Crippen molar-refractivity contribution in [3.8, 4) is 0 Å². The van der Waals surface area contributed by atoms with E-state index >= 15 is 0 Å². The van der Waals surface area contributed by atoms with E-state index in [2.05, 4.69) is 5.16 Å². The van der Waals surface area contributed by atoms with E-state index in [9.17, 15) is 0 Å². The van der Waals surface area contributed by atoms with Gasteiger partial charge in [-0.05, 0) is 12.1 Å². The monoisotopic (exact) mass is 194 g/mol. The third kappa shape index (κ3) is 1.68. The lowest BCUT2D eigenvalue weighted by molar-refractivity contribution is 0.437. The van der Waals surface area contributed by atoms with Gasteiger partial charge < -0.3 is 10.3 Å². The van der Waals surface area contributed by atoms with E-state index < -0.39 is 0 Å². The molecule has 0 fully saturated rings. The molecule has 1 aromatic carbocycles. The van der Waals surface area contributed by atoms with Gasteiger partial charge in [-0.3, -0.25) is 0 Å². The van der Waals surface area contributed by atoms with Gasteiger partial charge in [0.15, 0.2) is 5.58 Å². The molecule has 0 aliphatic rings. The van der Waals surface area contributed by atoms with Crippen molar-refractivity contribution in [3.63, 3.8) is 0 Å². The molecule has 13 heavy (non-hydrogen) atoms. The molecule has 0 radical (unpaired) electrons. The fourth-order valence-corrected chi connectivity index (χ4v) is 1.85. The van der Waals surface area contributed by atoms with Gasteiger partial charge >= 0.3 is 0 Å². The highest BCUT2D eigenvalue weighted by Crippen LogP contribution is 2.26. The van der Waals surface area contributed by atoms with Crippen molar-refractivity contribution in [1.82, 2.24) is 5.16 Å². The largest absolute Gasteiger partial charge is 0.355 e. The third-order valence-electron chi connectivity index (χ3n) is 1.70. The lowest BCUT2D eigenvalue weighted by Crippen LogP contribution is -2.00. The second-order valence-corrected chi connectivity index (χ2v) is 3.70. The highest BCUT2D eigenvalue weighted by molar-refractivity contribution is 7.99. The molecular weight excluding hydrogens is 184 g/mol. The Morgan fingerprint density at radius 2 is 2.23 bits per heavy atom. The molecule has 0 atom stereocenters. The molecule has 0 aliphatic carbocycles. The predicted octanol–water partition coefficient (Wildman–Crippen LogP) is 1.88. The van der Waals surface area contributed by atoms with Crippen molar-refractivity contribution in [2.75, 3.05) is 12.3 Å². The molecule has 68 valence electrons. The van der Waals surface area contributed by atoms with E-state index in [4.69, 9.17) is 10.3 Å². The zero-order chi connectivity index (χ0) is 9.10. The van der Waals surface area contributed by atoms with Crippen LogP contribution in [0.5, 0.6) is 0 Å². The molecule has 3 nitrogen and oxygen atoms in total. The van der Waals surface area contributed by atoms with Crippen molar-refractivity contribution in [2.24, 2.45) is 5.73 Å². The summed E-state index contributed by atoms with van der Waals surface area (Å²) in [7, 11) is 0. The first kappa shape index (κ1) is 8.59. The van der Waals surface area contributed by atoms with Crippen LogP contribution in [0.1, 0.15) is 0 Å². The molecule has 0 aliphatic heterocycles. The van der Waals surface area contributed by atoms with Gasteiger partial charge in [0.05, 0.1) is 5.39 Å². The summed E-state index contributed by atoms with van der Waals surface area (Å²) < 4.78 is 5.13. The number of fused-ring (bicyclic) bond motifs is 1. The number of rotatable bonds is 3. The number of hydrogen-bond acceptors (Lipinski definition) is 4. The van der Waals surface area contributed by atoms with Crippen LogP contribution in [0, 0.1) is 0 Å². The Balaban J connectivity index is 2.35. The molecule has 1 heterocycles. The minimum Gasteiger partial charge on any atom is -0.355 e. The second-order valence-electron chi connectivity index (χ2n) is 2.62. The molecule has 1 aromatic heterocycles. The Hall–Kier alpha value is -1.00. The van der Waals surface area contributed by atoms with E-state index in [0.29, 0.717) is 6.54 Å². The van der Waals surface area contributed by atoms with Crippen LogP contribution in [0.2, 0.25) is 0 Å². The Labute approximate surface area is 80.3 Å². The first-order valence-electron chi connectivity index (χ1n) is 4.09. The maximum absolute atomic E-state index is 5.41. The number of nitrogens with two attached hydrogens (primary N) is 1. The van der Waals surface area contributed by atoms with Crippen LogP contribution in [0.15, 0.2) is 33.8 Å². The maximum atomic E-state index is 5.41. The average Bonchev–Trinajstić information content (AvgIpc) is 2.58. The lowest BCUT2D eigenvalue weighted by Gasteiger charge is -1.92. The Kier molecular flexibility index (Phi) is 2.52. The minimum absolute atomic E-state index is 0.659. The molecule has 2 N–H and O–H groups in total. The summed E-state index contributed by atoms with van der Waals surface area (Å²) in [5.74, 6) is 0.872. The first-order chi connectivity index (χ1) is 6.42. The quantitative estimate of drug-likeness (QED) is 0.758. The Morgan fingerprint density at radius 1 is 1.38 bits per heavy atom. The zero-order valence-corrected chi connectivity index (χ0v) is 7.88. The van der Waals surface area contributed by atoms with Gasteiger partial charge in [0.25, 0.3) is 0 Å². The zero-order valence-electron chi connectivity index (χ0n) is 7.06. The van der Waals surface area contributed by atoms with Crippen LogP contribution in [-0.2, 0) is 0 Å². The van der Waals surface area contributed by atoms with Gasteiger partial charge in [-0.25, -0.2) is 0 Å². The van der Waals surface area contributed by atoms with Crippen LogP contribution in [0.25, 0.3) is 11.0 Å². The summed E-state index contributed by atoms with van der Waals surface area (Å²) >= 11 is 1.63. The van der Waals surface area contributed by atoms with Gasteiger partial charge in [0, 0.05) is 12.3 Å². The van der Waals surface area contributed by atoms with Crippen LogP contribution in [0.3, 0.4) is 0 Å². The van der Waals surface area contributed by atoms with E-state index in [1.165, 1.54) is 0 Å². The van der Waals surface area contributed by atoms with Gasteiger partial charge in [0.2, 0.25) is 0 Å². The average molecular weight is 194 g/mol. The van der Waals surface area contributed by atoms with Crippen LogP contribution in [-0.4, -0.2) is 17.5 Å². The fraction of sp³-hybridized carbons (Fsp3) is 0.222. The van der Waals surface area contributed by atoms with Crippen molar-refractivity contribution in [2.45, 2.75) is 5.03 Å². The van der Waals surface area contributed by atoms with Gasteiger partial charge in [-0.1, -0.05) is 17.3 Å². The molecule has 0 unspecified atom stereocenters. The standard InChI is InChI=1S/C9H10N2OS/c10-5-6-13-9-7-3-1-2-4-8(7)12-11-9/h1-4H,5-6,10H2. The highest BCUT2D eigenvalue weighted by atomic mass is 32.2. The highest BCUT2D eigenvalue weighted by Gasteiger charge is 2.06. The number of hydrogen-bond donors (Lipinski definition) is 1. The van der Waals surface area contributed by atoms with E-state index in [-0.39, 0.29) is 0 Å². The second kappa shape index (κ2) is 3.81. The van der Waals surface area contributed by atoms with Crippen molar-refractivity contribution in [1.29, 1.82) is 0 Å².